The Morgan fingerprint density at radius 2 is 2.05 bits per heavy atom. The van der Waals surface area contributed by atoms with Crippen LogP contribution in [0.3, 0.4) is 0 Å². The minimum Gasteiger partial charge on any atom is -0.755 e. The standard InChI is InChI=1S/C12H12N4O3S/c13-11-5-4-10(7-14-11)15-12(17)8-2-1-3-9(6-8)16-20(18)19/h1-7,16H,(H2,13,14)(H,15,17)(H,18,19)/p-1. The third-order valence-corrected chi connectivity index (χ3v) is 2.77. The fourth-order valence-corrected chi connectivity index (χ4v) is 1.82. The Kier molecular flexibility index (Phi) is 4.28. The highest BCUT2D eigenvalue weighted by atomic mass is 32.2. The first kappa shape index (κ1) is 14.0. The number of nitrogens with one attached hydrogen (secondary N) is 2. The molecule has 20 heavy (non-hydrogen) atoms. The predicted molar refractivity (Wildman–Crippen MR) is 75.6 cm³/mol. The Morgan fingerprint density at radius 3 is 2.70 bits per heavy atom. The number of amides is 1. The van der Waals surface area contributed by atoms with Crippen molar-refractivity contribution in [1.29, 1.82) is 0 Å². The van der Waals surface area contributed by atoms with Gasteiger partial charge in [0.05, 0.1) is 11.9 Å². The van der Waals surface area contributed by atoms with E-state index in [1.54, 1.807) is 24.3 Å². The maximum atomic E-state index is 12.0. The van der Waals surface area contributed by atoms with E-state index < -0.39 is 11.3 Å². The number of nitrogen functional groups attached to an aromatic ring is 1. The van der Waals surface area contributed by atoms with Gasteiger partial charge in [0.15, 0.2) is 0 Å². The average molecular weight is 291 g/mol. The molecule has 104 valence electrons. The van der Waals surface area contributed by atoms with Crippen LogP contribution in [0.25, 0.3) is 0 Å². The molecule has 0 aliphatic carbocycles. The van der Waals surface area contributed by atoms with E-state index in [1.807, 2.05) is 0 Å². The molecule has 0 fully saturated rings. The summed E-state index contributed by atoms with van der Waals surface area (Å²) < 4.78 is 23.3. The number of aromatic nitrogens is 1. The fraction of sp³-hybridized carbons (Fsp3) is 0. The summed E-state index contributed by atoms with van der Waals surface area (Å²) in [5.74, 6) is -0.0241. The van der Waals surface area contributed by atoms with Crippen LogP contribution in [-0.4, -0.2) is 19.7 Å². The Morgan fingerprint density at radius 1 is 1.25 bits per heavy atom. The molecule has 2 rings (SSSR count). The van der Waals surface area contributed by atoms with Gasteiger partial charge in [0.1, 0.15) is 5.82 Å². The summed E-state index contributed by atoms with van der Waals surface area (Å²) in [6, 6.07) is 9.29. The number of pyridine rings is 1. The van der Waals surface area contributed by atoms with Gasteiger partial charge < -0.3 is 20.3 Å². The minimum absolute atomic E-state index is 0.307. The molecule has 1 amide bonds. The lowest BCUT2D eigenvalue weighted by Gasteiger charge is -2.10. The Balaban J connectivity index is 2.12. The van der Waals surface area contributed by atoms with Crippen LogP contribution in [0.15, 0.2) is 42.6 Å². The summed E-state index contributed by atoms with van der Waals surface area (Å²) in [6.45, 7) is 0. The fourth-order valence-electron chi connectivity index (χ4n) is 1.50. The number of nitrogens with two attached hydrogens (primary N) is 1. The summed E-state index contributed by atoms with van der Waals surface area (Å²) in [4.78, 5) is 15.8. The molecule has 0 saturated heterocycles. The molecule has 0 saturated carbocycles. The molecule has 0 radical (unpaired) electrons. The van der Waals surface area contributed by atoms with Gasteiger partial charge in [-0.05, 0) is 30.3 Å². The SMILES string of the molecule is Nc1ccc(NC(=O)c2cccc(NS(=O)[O-])c2)cn1. The first-order valence-corrected chi connectivity index (χ1v) is 6.61. The van der Waals surface area contributed by atoms with Crippen molar-refractivity contribution in [3.05, 3.63) is 48.2 Å². The molecule has 0 aliphatic rings. The van der Waals surface area contributed by atoms with Gasteiger partial charge in [-0.15, -0.1) is 0 Å². The van der Waals surface area contributed by atoms with Crippen molar-refractivity contribution in [1.82, 2.24) is 4.98 Å². The zero-order valence-corrected chi connectivity index (χ0v) is 11.0. The van der Waals surface area contributed by atoms with Gasteiger partial charge >= 0.3 is 0 Å². The normalized spacial score (nSPS) is 11.7. The van der Waals surface area contributed by atoms with Crippen molar-refractivity contribution < 1.29 is 13.6 Å². The van der Waals surface area contributed by atoms with Crippen LogP contribution >= 0.6 is 0 Å². The number of carbonyl (C=O) groups excluding carboxylic acids is 1. The van der Waals surface area contributed by atoms with Gasteiger partial charge in [0.2, 0.25) is 0 Å². The number of hydrogen-bond donors (Lipinski definition) is 3. The minimum atomic E-state index is -2.43. The van der Waals surface area contributed by atoms with Crippen molar-refractivity contribution >= 4 is 34.4 Å². The maximum Gasteiger partial charge on any atom is 0.255 e. The molecule has 0 spiro atoms. The van der Waals surface area contributed by atoms with Crippen LogP contribution in [0.4, 0.5) is 17.2 Å². The molecule has 0 bridgehead atoms. The summed E-state index contributed by atoms with van der Waals surface area (Å²) in [5, 5.41) is 2.63. The molecule has 1 heterocycles. The van der Waals surface area contributed by atoms with Crippen molar-refractivity contribution in [2.24, 2.45) is 0 Å². The van der Waals surface area contributed by atoms with E-state index >= 15 is 0 Å². The second kappa shape index (κ2) is 6.13. The first-order chi connectivity index (χ1) is 9.54. The molecular formula is C12H11N4O3S-. The van der Waals surface area contributed by atoms with Crippen LogP contribution in [-0.2, 0) is 11.3 Å². The summed E-state index contributed by atoms with van der Waals surface area (Å²) in [7, 11) is 0. The molecule has 4 N–H and O–H groups in total. The highest BCUT2D eigenvalue weighted by Gasteiger charge is 2.07. The van der Waals surface area contributed by atoms with E-state index in [2.05, 4.69) is 15.0 Å². The quantitative estimate of drug-likeness (QED) is 0.729. The van der Waals surface area contributed by atoms with Crippen LogP contribution in [0.2, 0.25) is 0 Å². The number of benzene rings is 1. The maximum absolute atomic E-state index is 12.0. The third kappa shape index (κ3) is 3.77. The number of rotatable bonds is 4. The summed E-state index contributed by atoms with van der Waals surface area (Å²) in [6.07, 6.45) is 1.43. The van der Waals surface area contributed by atoms with Crippen LogP contribution in [0.1, 0.15) is 10.4 Å². The van der Waals surface area contributed by atoms with E-state index in [1.165, 1.54) is 18.3 Å². The molecule has 7 nitrogen and oxygen atoms in total. The third-order valence-electron chi connectivity index (χ3n) is 2.37. The van der Waals surface area contributed by atoms with Crippen molar-refractivity contribution in [3.63, 3.8) is 0 Å². The van der Waals surface area contributed by atoms with Crippen LogP contribution in [0.5, 0.6) is 0 Å². The second-order valence-electron chi connectivity index (χ2n) is 3.84. The Bertz CT molecular complexity index is 645. The van der Waals surface area contributed by atoms with E-state index in [0.29, 0.717) is 22.8 Å². The lowest BCUT2D eigenvalue weighted by Crippen LogP contribution is -2.12. The van der Waals surface area contributed by atoms with Crippen molar-refractivity contribution in [2.75, 3.05) is 15.8 Å². The largest absolute Gasteiger partial charge is 0.755 e. The molecule has 1 atom stereocenters. The summed E-state index contributed by atoms with van der Waals surface area (Å²) >= 11 is -2.43. The Labute approximate surface area is 117 Å². The lowest BCUT2D eigenvalue weighted by atomic mass is 10.2. The van der Waals surface area contributed by atoms with Gasteiger partial charge in [-0.2, -0.15) is 0 Å². The van der Waals surface area contributed by atoms with Crippen molar-refractivity contribution in [2.45, 2.75) is 0 Å². The van der Waals surface area contributed by atoms with Gasteiger partial charge in [0.25, 0.3) is 5.91 Å². The molecule has 1 unspecified atom stereocenters. The van der Waals surface area contributed by atoms with Gasteiger partial charge in [-0.25, -0.2) is 4.98 Å². The molecule has 1 aromatic heterocycles. The van der Waals surface area contributed by atoms with Gasteiger partial charge in [-0.3, -0.25) is 9.00 Å². The highest BCUT2D eigenvalue weighted by Crippen LogP contribution is 2.14. The molecular weight excluding hydrogens is 280 g/mol. The summed E-state index contributed by atoms with van der Waals surface area (Å²) in [5.41, 5.74) is 6.56. The van der Waals surface area contributed by atoms with Crippen LogP contribution in [0, 0.1) is 0 Å². The van der Waals surface area contributed by atoms with Gasteiger partial charge in [0, 0.05) is 22.5 Å². The number of anilines is 3. The van der Waals surface area contributed by atoms with Crippen LogP contribution < -0.4 is 15.8 Å². The lowest BCUT2D eigenvalue weighted by molar-refractivity contribution is 0.102. The first-order valence-electron chi connectivity index (χ1n) is 5.53. The predicted octanol–water partition coefficient (Wildman–Crippen LogP) is 1.12. The molecule has 1 aromatic carbocycles. The molecule has 2 aromatic rings. The van der Waals surface area contributed by atoms with E-state index in [-0.39, 0.29) is 5.91 Å². The molecule has 0 aliphatic heterocycles. The smallest absolute Gasteiger partial charge is 0.255 e. The van der Waals surface area contributed by atoms with Crippen molar-refractivity contribution in [3.8, 4) is 0 Å². The zero-order chi connectivity index (χ0) is 14.5. The molecule has 8 heteroatoms. The van der Waals surface area contributed by atoms with E-state index in [9.17, 15) is 13.6 Å². The number of nitrogens with zero attached hydrogens (tertiary/aromatic N) is 1. The zero-order valence-electron chi connectivity index (χ0n) is 10.2. The topological polar surface area (TPSA) is 120 Å². The highest BCUT2D eigenvalue weighted by molar-refractivity contribution is 7.80. The van der Waals surface area contributed by atoms with E-state index in [4.69, 9.17) is 5.73 Å². The van der Waals surface area contributed by atoms with Gasteiger partial charge in [-0.1, -0.05) is 6.07 Å². The monoisotopic (exact) mass is 291 g/mol. The average Bonchev–Trinajstić information content (AvgIpc) is 2.41. The number of carbonyl (C=O) groups is 1. The second-order valence-corrected chi connectivity index (χ2v) is 4.52. The Hall–Kier alpha value is -2.45. The van der Waals surface area contributed by atoms with E-state index in [0.717, 1.165) is 0 Å². The number of hydrogen-bond acceptors (Lipinski definition) is 5.